The first-order valence-corrected chi connectivity index (χ1v) is 8.95. The molecule has 0 aromatic carbocycles. The van der Waals surface area contributed by atoms with Gasteiger partial charge in [0, 0.05) is 20.9 Å². The standard InChI is InChI=1S/C18H18OS2/c1-12-6-8-20-16(12)10-14-4-3-5-15(18(14)19)11-17-13(2)7-9-21-17/h6-11H,3-5H2,1-2H3/b14-10-,15-11-. The van der Waals surface area contributed by atoms with Crippen LogP contribution in [0.2, 0.25) is 0 Å². The number of Topliss-reactive ketones (excluding diaryl/α,β-unsaturated/α-hetero) is 1. The maximum absolute atomic E-state index is 12.7. The summed E-state index contributed by atoms with van der Waals surface area (Å²) >= 11 is 3.42. The molecule has 0 spiro atoms. The minimum absolute atomic E-state index is 0.238. The van der Waals surface area contributed by atoms with Crippen LogP contribution in [0.25, 0.3) is 12.2 Å². The minimum Gasteiger partial charge on any atom is -0.289 e. The van der Waals surface area contributed by atoms with Gasteiger partial charge >= 0.3 is 0 Å². The number of aryl methyl sites for hydroxylation is 2. The third-order valence-electron chi connectivity index (χ3n) is 3.89. The Kier molecular flexibility index (Phi) is 4.22. The maximum atomic E-state index is 12.7. The molecule has 1 fully saturated rings. The molecule has 1 aliphatic carbocycles. The monoisotopic (exact) mass is 314 g/mol. The van der Waals surface area contributed by atoms with Gasteiger partial charge < -0.3 is 0 Å². The molecule has 0 unspecified atom stereocenters. The molecular formula is C18H18OS2. The molecule has 0 radical (unpaired) electrons. The predicted molar refractivity (Wildman–Crippen MR) is 92.9 cm³/mol. The number of thiophene rings is 2. The number of ketones is 1. The Morgan fingerprint density at radius 3 is 1.76 bits per heavy atom. The maximum Gasteiger partial charge on any atom is 0.185 e. The van der Waals surface area contributed by atoms with Gasteiger partial charge in [-0.15, -0.1) is 22.7 Å². The van der Waals surface area contributed by atoms with Crippen molar-refractivity contribution in [3.05, 3.63) is 54.9 Å². The van der Waals surface area contributed by atoms with Crippen LogP contribution in [0.15, 0.2) is 34.0 Å². The van der Waals surface area contributed by atoms with Crippen LogP contribution in [0.1, 0.15) is 40.1 Å². The number of hydrogen-bond acceptors (Lipinski definition) is 3. The molecule has 0 amide bonds. The van der Waals surface area contributed by atoms with Gasteiger partial charge in [-0.2, -0.15) is 0 Å². The van der Waals surface area contributed by atoms with Gasteiger partial charge in [-0.25, -0.2) is 0 Å². The van der Waals surface area contributed by atoms with Gasteiger partial charge in [0.05, 0.1) is 0 Å². The van der Waals surface area contributed by atoms with E-state index < -0.39 is 0 Å². The molecular weight excluding hydrogens is 296 g/mol. The molecule has 0 bridgehead atoms. The summed E-state index contributed by atoms with van der Waals surface area (Å²) < 4.78 is 0. The van der Waals surface area contributed by atoms with Crippen molar-refractivity contribution in [3.8, 4) is 0 Å². The summed E-state index contributed by atoms with van der Waals surface area (Å²) in [6.07, 6.45) is 7.05. The summed E-state index contributed by atoms with van der Waals surface area (Å²) in [5, 5.41) is 4.17. The van der Waals surface area contributed by atoms with E-state index in [2.05, 4.69) is 48.9 Å². The molecule has 0 aliphatic heterocycles. The van der Waals surface area contributed by atoms with Gasteiger partial charge in [0.15, 0.2) is 5.78 Å². The average molecular weight is 314 g/mol. The van der Waals surface area contributed by atoms with Crippen LogP contribution in [0.3, 0.4) is 0 Å². The fraction of sp³-hybridized carbons (Fsp3) is 0.278. The van der Waals surface area contributed by atoms with Crippen LogP contribution in [0.4, 0.5) is 0 Å². The molecule has 3 heteroatoms. The molecule has 2 aromatic heterocycles. The second-order valence-corrected chi connectivity index (χ2v) is 7.35. The first-order valence-electron chi connectivity index (χ1n) is 7.19. The first kappa shape index (κ1) is 14.5. The third-order valence-corrected chi connectivity index (χ3v) is 5.82. The highest BCUT2D eigenvalue weighted by Crippen LogP contribution is 2.31. The number of rotatable bonds is 2. The van der Waals surface area contributed by atoms with E-state index in [-0.39, 0.29) is 5.78 Å². The first-order chi connectivity index (χ1) is 10.1. The van der Waals surface area contributed by atoms with E-state index in [1.807, 2.05) is 0 Å². The fourth-order valence-corrected chi connectivity index (χ4v) is 4.33. The van der Waals surface area contributed by atoms with E-state index in [9.17, 15) is 4.79 Å². The van der Waals surface area contributed by atoms with Crippen LogP contribution in [-0.4, -0.2) is 5.78 Å². The van der Waals surface area contributed by atoms with E-state index in [1.165, 1.54) is 20.9 Å². The Morgan fingerprint density at radius 2 is 1.38 bits per heavy atom. The third kappa shape index (κ3) is 3.09. The average Bonchev–Trinajstić information content (AvgIpc) is 3.04. The minimum atomic E-state index is 0.238. The highest BCUT2D eigenvalue weighted by molar-refractivity contribution is 7.11. The van der Waals surface area contributed by atoms with E-state index in [4.69, 9.17) is 0 Å². The Hall–Kier alpha value is -1.45. The summed E-state index contributed by atoms with van der Waals surface area (Å²) in [6.45, 7) is 4.20. The van der Waals surface area contributed by atoms with Crippen LogP contribution >= 0.6 is 22.7 Å². The Labute approximate surface area is 133 Å². The van der Waals surface area contributed by atoms with Crippen LogP contribution in [-0.2, 0) is 4.79 Å². The second kappa shape index (κ2) is 6.12. The van der Waals surface area contributed by atoms with Gasteiger partial charge in [-0.05, 0) is 79.3 Å². The van der Waals surface area contributed by atoms with Crippen molar-refractivity contribution >= 4 is 40.6 Å². The zero-order valence-electron chi connectivity index (χ0n) is 12.3. The molecule has 21 heavy (non-hydrogen) atoms. The molecule has 2 heterocycles. The van der Waals surface area contributed by atoms with E-state index >= 15 is 0 Å². The predicted octanol–water partition coefficient (Wildman–Crippen LogP) is 5.65. The lowest BCUT2D eigenvalue weighted by Gasteiger charge is -2.16. The number of hydrogen-bond donors (Lipinski definition) is 0. The number of allylic oxidation sites excluding steroid dienone is 2. The molecule has 2 aromatic rings. The van der Waals surface area contributed by atoms with Crippen LogP contribution in [0.5, 0.6) is 0 Å². The van der Waals surface area contributed by atoms with Gasteiger partial charge in [0.25, 0.3) is 0 Å². The topological polar surface area (TPSA) is 17.1 Å². The SMILES string of the molecule is Cc1ccsc1/C=C1/CCC/C(=C/c2sccc2C)C1=O. The molecule has 3 rings (SSSR count). The lowest BCUT2D eigenvalue weighted by molar-refractivity contribution is -0.112. The highest BCUT2D eigenvalue weighted by atomic mass is 32.1. The van der Waals surface area contributed by atoms with Crippen LogP contribution in [0, 0.1) is 13.8 Å². The summed E-state index contributed by atoms with van der Waals surface area (Å²) in [5.74, 6) is 0.238. The molecule has 108 valence electrons. The molecule has 1 nitrogen and oxygen atoms in total. The van der Waals surface area contributed by atoms with Gasteiger partial charge in [-0.1, -0.05) is 0 Å². The van der Waals surface area contributed by atoms with Crippen molar-refractivity contribution in [3.63, 3.8) is 0 Å². The number of carbonyl (C=O) groups is 1. The van der Waals surface area contributed by atoms with E-state index in [0.29, 0.717) is 0 Å². The summed E-state index contributed by atoms with van der Waals surface area (Å²) in [7, 11) is 0. The van der Waals surface area contributed by atoms with Crippen molar-refractivity contribution in [1.82, 2.24) is 0 Å². The van der Waals surface area contributed by atoms with Crippen molar-refractivity contribution in [2.24, 2.45) is 0 Å². The Morgan fingerprint density at radius 1 is 0.905 bits per heavy atom. The summed E-state index contributed by atoms with van der Waals surface area (Å²) in [6, 6.07) is 4.21. The van der Waals surface area contributed by atoms with E-state index in [1.54, 1.807) is 22.7 Å². The smallest absolute Gasteiger partial charge is 0.185 e. The highest BCUT2D eigenvalue weighted by Gasteiger charge is 2.21. The van der Waals surface area contributed by atoms with Crippen molar-refractivity contribution in [2.75, 3.05) is 0 Å². The van der Waals surface area contributed by atoms with E-state index in [0.717, 1.165) is 30.4 Å². The molecule has 0 saturated heterocycles. The quantitative estimate of drug-likeness (QED) is 0.655. The second-order valence-electron chi connectivity index (χ2n) is 5.46. The van der Waals surface area contributed by atoms with Gasteiger partial charge in [-0.3, -0.25) is 4.79 Å². The largest absolute Gasteiger partial charge is 0.289 e. The van der Waals surface area contributed by atoms with Crippen molar-refractivity contribution in [2.45, 2.75) is 33.1 Å². The lowest BCUT2D eigenvalue weighted by Crippen LogP contribution is -2.12. The Bertz CT molecular complexity index is 668. The van der Waals surface area contributed by atoms with Crippen LogP contribution < -0.4 is 0 Å². The lowest BCUT2D eigenvalue weighted by atomic mass is 9.88. The summed E-state index contributed by atoms with van der Waals surface area (Å²) in [4.78, 5) is 15.1. The van der Waals surface area contributed by atoms with Gasteiger partial charge in [0.1, 0.15) is 0 Å². The molecule has 0 atom stereocenters. The Balaban J connectivity index is 1.91. The van der Waals surface area contributed by atoms with Crippen molar-refractivity contribution < 1.29 is 4.79 Å². The molecule has 1 saturated carbocycles. The molecule has 1 aliphatic rings. The number of carbonyl (C=O) groups excluding carboxylic acids is 1. The fourth-order valence-electron chi connectivity index (χ4n) is 2.56. The normalized spacial score (nSPS) is 19.6. The van der Waals surface area contributed by atoms with Crippen molar-refractivity contribution in [1.29, 1.82) is 0 Å². The summed E-state index contributed by atoms with van der Waals surface area (Å²) in [5.41, 5.74) is 4.44. The van der Waals surface area contributed by atoms with Gasteiger partial charge in [0.2, 0.25) is 0 Å². The molecule has 0 N–H and O–H groups in total. The zero-order chi connectivity index (χ0) is 14.8. The zero-order valence-corrected chi connectivity index (χ0v) is 13.9.